The number of carbonyl (C=O) groups is 1. The Labute approximate surface area is 181 Å². The Morgan fingerprint density at radius 3 is 2.73 bits per heavy atom. The number of Topliss-reactive ketones (excluding diaryl/α,β-unsaturated/α-hetero) is 1. The van der Waals surface area contributed by atoms with Crippen LogP contribution in [-0.4, -0.2) is 26.8 Å². The van der Waals surface area contributed by atoms with Crippen LogP contribution in [0.4, 0.5) is 0 Å². The summed E-state index contributed by atoms with van der Waals surface area (Å²) in [6, 6.07) is 0. The Bertz CT molecular complexity index is 886. The molecule has 4 aliphatic rings. The fraction of sp³-hybridized carbons (Fsp3) is 0.769. The van der Waals surface area contributed by atoms with Crippen LogP contribution in [0.5, 0.6) is 0 Å². The summed E-state index contributed by atoms with van der Waals surface area (Å²) in [7, 11) is 0. The van der Waals surface area contributed by atoms with Gasteiger partial charge in [0.25, 0.3) is 0 Å². The summed E-state index contributed by atoms with van der Waals surface area (Å²) < 4.78 is 1.96. The molecule has 164 valence electrons. The van der Waals surface area contributed by atoms with E-state index in [1.54, 1.807) is 0 Å². The highest BCUT2D eigenvalue weighted by molar-refractivity contribution is 6.06. The van der Waals surface area contributed by atoms with E-state index in [1.165, 1.54) is 19.3 Å². The Kier molecular flexibility index (Phi) is 4.81. The number of fused-ring (bicyclic) bond motifs is 5. The Morgan fingerprint density at radius 2 is 2.00 bits per heavy atom. The third kappa shape index (κ3) is 2.89. The van der Waals surface area contributed by atoms with Gasteiger partial charge in [-0.15, -0.1) is 0 Å². The summed E-state index contributed by atoms with van der Waals surface area (Å²) in [5.74, 6) is 2.94. The van der Waals surface area contributed by atoms with Gasteiger partial charge in [0, 0.05) is 23.7 Å². The molecule has 0 aliphatic heterocycles. The molecule has 0 aromatic carbocycles. The van der Waals surface area contributed by atoms with Crippen LogP contribution in [-0.2, 0) is 11.3 Å². The van der Waals surface area contributed by atoms with Gasteiger partial charge in [-0.3, -0.25) is 9.48 Å². The van der Waals surface area contributed by atoms with Crippen LogP contribution in [0.25, 0.3) is 6.08 Å². The van der Waals surface area contributed by atoms with Crippen LogP contribution in [0.3, 0.4) is 0 Å². The van der Waals surface area contributed by atoms with Crippen molar-refractivity contribution in [1.82, 2.24) is 9.78 Å². The molecule has 1 N–H and O–H groups in total. The second-order valence-corrected chi connectivity index (χ2v) is 11.3. The lowest BCUT2D eigenvalue weighted by atomic mass is 9.45. The molecule has 30 heavy (non-hydrogen) atoms. The second-order valence-electron chi connectivity index (χ2n) is 11.3. The van der Waals surface area contributed by atoms with E-state index >= 15 is 0 Å². The molecule has 4 saturated carbocycles. The molecule has 1 aromatic rings. The van der Waals surface area contributed by atoms with Gasteiger partial charge in [0.15, 0.2) is 5.78 Å². The summed E-state index contributed by atoms with van der Waals surface area (Å²) in [5, 5.41) is 14.8. The van der Waals surface area contributed by atoms with E-state index in [0.717, 1.165) is 61.4 Å². The van der Waals surface area contributed by atoms with Gasteiger partial charge in [0.2, 0.25) is 0 Å². The highest BCUT2D eigenvalue weighted by atomic mass is 16.3. The highest BCUT2D eigenvalue weighted by Gasteiger charge is 2.61. The first-order valence-electron chi connectivity index (χ1n) is 12.2. The van der Waals surface area contributed by atoms with Gasteiger partial charge in [0.05, 0.1) is 11.8 Å². The molecule has 4 aliphatic carbocycles. The standard InChI is InChI=1S/C26H38N2O2/c1-5-28-15-18(16(2)27-28)12-17-13-23-21-7-6-19-14-20(29)8-10-25(19,3)22(21)9-11-26(23,4)24(17)30/h12,15,19-23,29H,5-11,13-14H2,1-4H3/b17-12-/t19-,20+,21-,22+,23+,25+,26+/m1/s1. The Hall–Kier alpha value is -1.42. The van der Waals surface area contributed by atoms with Crippen molar-refractivity contribution in [1.29, 1.82) is 0 Å². The maximum absolute atomic E-state index is 13.6. The number of aryl methyl sites for hydroxylation is 2. The summed E-state index contributed by atoms with van der Waals surface area (Å²) in [5.41, 5.74) is 3.34. The lowest BCUT2D eigenvalue weighted by Crippen LogP contribution is -2.54. The minimum absolute atomic E-state index is 0.0941. The predicted molar refractivity (Wildman–Crippen MR) is 119 cm³/mol. The van der Waals surface area contributed by atoms with Crippen molar-refractivity contribution in [3.05, 3.63) is 23.0 Å². The van der Waals surface area contributed by atoms with Crippen molar-refractivity contribution in [3.8, 4) is 0 Å². The first kappa shape index (κ1) is 20.5. The van der Waals surface area contributed by atoms with Crippen molar-refractivity contribution < 1.29 is 9.90 Å². The zero-order chi connectivity index (χ0) is 21.3. The molecule has 0 amide bonds. The minimum Gasteiger partial charge on any atom is -0.393 e. The third-order valence-electron chi connectivity index (χ3n) is 9.92. The number of carbonyl (C=O) groups excluding carboxylic acids is 1. The maximum atomic E-state index is 13.6. The number of hydrogen-bond acceptors (Lipinski definition) is 3. The van der Waals surface area contributed by atoms with Crippen LogP contribution in [0.1, 0.15) is 83.4 Å². The first-order valence-corrected chi connectivity index (χ1v) is 12.2. The number of rotatable bonds is 2. The van der Waals surface area contributed by atoms with Crippen molar-refractivity contribution in [3.63, 3.8) is 0 Å². The number of aliphatic hydroxyl groups is 1. The first-order chi connectivity index (χ1) is 14.3. The summed E-state index contributed by atoms with van der Waals surface area (Å²) in [6.07, 6.45) is 12.9. The van der Waals surface area contributed by atoms with E-state index in [1.807, 2.05) is 11.6 Å². The number of hydrogen-bond donors (Lipinski definition) is 1. The SMILES string of the molecule is CCn1cc(/C=C2/C[C@H]3[C@@H]4CC[C@@H]5C[C@@H](O)CC[C@]5(C)[C@H]4CC[C@]3(C)C2=O)c(C)n1. The second kappa shape index (κ2) is 7.05. The normalized spacial score (nSPS) is 44.6. The molecule has 4 fully saturated rings. The fourth-order valence-electron chi connectivity index (χ4n) is 8.06. The van der Waals surface area contributed by atoms with E-state index in [0.29, 0.717) is 29.0 Å². The average molecular weight is 411 g/mol. The Morgan fingerprint density at radius 1 is 1.20 bits per heavy atom. The molecule has 4 heteroatoms. The summed E-state index contributed by atoms with van der Waals surface area (Å²) in [4.78, 5) is 13.6. The summed E-state index contributed by atoms with van der Waals surface area (Å²) >= 11 is 0. The Balaban J connectivity index is 1.45. The number of nitrogens with zero attached hydrogens (tertiary/aromatic N) is 2. The lowest BCUT2D eigenvalue weighted by Gasteiger charge is -2.59. The number of aromatic nitrogens is 2. The lowest BCUT2D eigenvalue weighted by molar-refractivity contribution is -0.141. The van der Waals surface area contributed by atoms with E-state index in [4.69, 9.17) is 0 Å². The minimum atomic E-state index is -0.182. The van der Waals surface area contributed by atoms with Gasteiger partial charge in [-0.2, -0.15) is 5.10 Å². The molecular weight excluding hydrogens is 372 g/mol. The van der Waals surface area contributed by atoms with Crippen LogP contribution in [0.15, 0.2) is 11.8 Å². The summed E-state index contributed by atoms with van der Waals surface area (Å²) in [6.45, 7) is 9.78. The predicted octanol–water partition coefficient (Wildman–Crippen LogP) is 5.18. The van der Waals surface area contributed by atoms with Crippen molar-refractivity contribution in [2.75, 3.05) is 0 Å². The van der Waals surface area contributed by atoms with E-state index in [9.17, 15) is 9.90 Å². The molecule has 5 rings (SSSR count). The smallest absolute Gasteiger partial charge is 0.165 e. The third-order valence-corrected chi connectivity index (χ3v) is 9.92. The molecule has 0 bridgehead atoms. The zero-order valence-corrected chi connectivity index (χ0v) is 19.2. The van der Waals surface area contributed by atoms with E-state index in [2.05, 4.69) is 38.1 Å². The number of aliphatic hydroxyl groups excluding tert-OH is 1. The van der Waals surface area contributed by atoms with Crippen LogP contribution >= 0.6 is 0 Å². The molecule has 1 aromatic heterocycles. The fourth-order valence-corrected chi connectivity index (χ4v) is 8.06. The molecule has 0 radical (unpaired) electrons. The van der Waals surface area contributed by atoms with Crippen molar-refractivity contribution in [2.45, 2.75) is 91.7 Å². The molecule has 0 saturated heterocycles. The van der Waals surface area contributed by atoms with Gasteiger partial charge in [-0.05, 0) is 106 Å². The largest absolute Gasteiger partial charge is 0.393 e. The molecule has 7 atom stereocenters. The highest BCUT2D eigenvalue weighted by Crippen LogP contribution is 2.66. The van der Waals surface area contributed by atoms with Gasteiger partial charge in [0.1, 0.15) is 0 Å². The van der Waals surface area contributed by atoms with E-state index in [-0.39, 0.29) is 11.5 Å². The van der Waals surface area contributed by atoms with Gasteiger partial charge < -0.3 is 5.11 Å². The monoisotopic (exact) mass is 410 g/mol. The molecular formula is C26H38N2O2. The molecule has 4 nitrogen and oxygen atoms in total. The van der Waals surface area contributed by atoms with Crippen molar-refractivity contribution in [2.24, 2.45) is 34.5 Å². The molecule has 0 spiro atoms. The average Bonchev–Trinajstić information content (AvgIpc) is 3.20. The maximum Gasteiger partial charge on any atom is 0.165 e. The van der Waals surface area contributed by atoms with Crippen LogP contribution in [0.2, 0.25) is 0 Å². The van der Waals surface area contributed by atoms with Gasteiger partial charge in [-0.1, -0.05) is 13.8 Å². The van der Waals surface area contributed by atoms with Gasteiger partial charge in [-0.25, -0.2) is 0 Å². The van der Waals surface area contributed by atoms with Gasteiger partial charge >= 0.3 is 0 Å². The van der Waals surface area contributed by atoms with Crippen LogP contribution < -0.4 is 0 Å². The zero-order valence-electron chi connectivity index (χ0n) is 19.2. The molecule has 0 unspecified atom stereocenters. The molecule has 1 heterocycles. The topological polar surface area (TPSA) is 55.1 Å². The van der Waals surface area contributed by atoms with Crippen molar-refractivity contribution >= 4 is 11.9 Å². The quantitative estimate of drug-likeness (QED) is 0.684. The van der Waals surface area contributed by atoms with Crippen LogP contribution in [0, 0.1) is 41.4 Å². The van der Waals surface area contributed by atoms with E-state index < -0.39 is 0 Å². The number of ketones is 1. The number of allylic oxidation sites excluding steroid dienone is 1.